The zero-order valence-corrected chi connectivity index (χ0v) is 38.9. The Labute approximate surface area is 324 Å². The fourth-order valence-electron chi connectivity index (χ4n) is 9.40. The second-order valence-corrected chi connectivity index (χ2v) is 61.6. The number of benzene rings is 4. The van der Waals surface area contributed by atoms with Crippen molar-refractivity contribution in [2.24, 2.45) is 22.7 Å². The van der Waals surface area contributed by atoms with Gasteiger partial charge in [-0.3, -0.25) is 0 Å². The van der Waals surface area contributed by atoms with Crippen LogP contribution in [0.3, 0.4) is 0 Å². The van der Waals surface area contributed by atoms with Crippen molar-refractivity contribution in [1.82, 2.24) is 0 Å². The van der Waals surface area contributed by atoms with Crippen molar-refractivity contribution in [3.05, 3.63) is 129 Å². The van der Waals surface area contributed by atoms with Crippen LogP contribution in [0.2, 0.25) is 13.1 Å². The summed E-state index contributed by atoms with van der Waals surface area (Å²) >= 11 is -5.05. The molecule has 0 nitrogen and oxygen atoms in total. The molecule has 0 radical (unpaired) electrons. The summed E-state index contributed by atoms with van der Waals surface area (Å²) in [5, 5.41) is 0. The van der Waals surface area contributed by atoms with Gasteiger partial charge in [0.1, 0.15) is 0 Å². The van der Waals surface area contributed by atoms with Crippen molar-refractivity contribution >= 4 is 35.1 Å². The van der Waals surface area contributed by atoms with Gasteiger partial charge in [-0.1, -0.05) is 0 Å². The monoisotopic (exact) mass is 825 g/mol. The SMILES string of the molecule is CC(C)Cc1ccccc1-c1cccc2c1C=C(C(C)(C)C)[CH]2[Zr]([Cl])([Cl])([CH]1C(C(C)(C)C)=Cc2c(-c3ccccc3CC(C)C)cccc21)[SiH](C)C. The van der Waals surface area contributed by atoms with Gasteiger partial charge in [-0.2, -0.15) is 0 Å². The van der Waals surface area contributed by atoms with Crippen LogP contribution in [-0.4, -0.2) is 5.92 Å². The molecule has 4 heteroatoms. The first-order valence-electron chi connectivity index (χ1n) is 19.7. The first kappa shape index (κ1) is 39.7. The van der Waals surface area contributed by atoms with Gasteiger partial charge in [0.05, 0.1) is 0 Å². The van der Waals surface area contributed by atoms with Crippen molar-refractivity contribution in [3.63, 3.8) is 0 Å². The Morgan fingerprint density at radius 2 is 0.885 bits per heavy atom. The molecule has 0 bridgehead atoms. The molecule has 0 fully saturated rings. The molecule has 0 saturated heterocycles. The summed E-state index contributed by atoms with van der Waals surface area (Å²) in [6.07, 6.45) is 7.17. The van der Waals surface area contributed by atoms with Crippen LogP contribution in [0.5, 0.6) is 0 Å². The Morgan fingerprint density at radius 3 is 1.21 bits per heavy atom. The zero-order chi connectivity index (χ0) is 38.0. The van der Waals surface area contributed by atoms with E-state index in [4.69, 9.17) is 17.0 Å². The molecule has 2 aliphatic carbocycles. The summed E-state index contributed by atoms with van der Waals surface area (Å²) in [6.45, 7) is 28.5. The summed E-state index contributed by atoms with van der Waals surface area (Å²) in [5.74, 6) is -0.594. The quantitative estimate of drug-likeness (QED) is 0.147. The standard InChI is InChI=1S/2C23H27.C2H7Si.2ClH.Zr/c2*1-16(2)13-17-9-6-7-11-20(17)21-12-8-10-18-14-19(15-22(18)21)23(3,4)5;1-3-2;;;/h2*6-12,14-16H,13H2,1-5H3;3H,1-2H3;2*1H;/q;;;;;+2/p-2. The third kappa shape index (κ3) is 6.91. The third-order valence-corrected chi connectivity index (χ3v) is 63.5. The molecule has 2 atom stereocenters. The predicted octanol–water partition coefficient (Wildman–Crippen LogP) is 15.1. The van der Waals surface area contributed by atoms with E-state index in [-0.39, 0.29) is 18.1 Å². The van der Waals surface area contributed by atoms with Gasteiger partial charge in [-0.15, -0.1) is 0 Å². The van der Waals surface area contributed by atoms with E-state index in [1.807, 2.05) is 0 Å². The van der Waals surface area contributed by atoms with Crippen LogP contribution in [0.4, 0.5) is 0 Å². The number of rotatable bonds is 9. The summed E-state index contributed by atoms with van der Waals surface area (Å²) in [6, 6.07) is 32.1. The summed E-state index contributed by atoms with van der Waals surface area (Å²) in [7, 11) is 17.9. The summed E-state index contributed by atoms with van der Waals surface area (Å²) in [4.78, 5) is 0. The van der Waals surface area contributed by atoms with Crippen molar-refractivity contribution in [3.8, 4) is 22.3 Å². The van der Waals surface area contributed by atoms with E-state index in [1.165, 1.54) is 66.8 Å². The second-order valence-electron chi connectivity index (χ2n) is 19.1. The van der Waals surface area contributed by atoms with Crippen LogP contribution >= 0.6 is 17.0 Å². The summed E-state index contributed by atoms with van der Waals surface area (Å²) in [5.41, 5.74) is 16.2. The maximum absolute atomic E-state index is 8.95. The predicted molar refractivity (Wildman–Crippen MR) is 232 cm³/mol. The molecule has 4 aromatic rings. The van der Waals surface area contributed by atoms with E-state index in [2.05, 4.69) is 179 Å². The van der Waals surface area contributed by atoms with Crippen LogP contribution in [0.25, 0.3) is 34.4 Å². The van der Waals surface area contributed by atoms with Gasteiger partial charge >= 0.3 is 327 Å². The fraction of sp³-hybridized carbons (Fsp3) is 0.417. The number of halogens is 2. The molecule has 0 N–H and O–H groups in total. The number of hydrogen-bond donors (Lipinski definition) is 0. The second kappa shape index (κ2) is 14.3. The van der Waals surface area contributed by atoms with Gasteiger partial charge in [0, 0.05) is 0 Å². The van der Waals surface area contributed by atoms with Gasteiger partial charge in [0.25, 0.3) is 0 Å². The maximum atomic E-state index is 8.95. The number of allylic oxidation sites excluding steroid dienone is 2. The van der Waals surface area contributed by atoms with Crippen LogP contribution in [0.15, 0.2) is 96.1 Å². The van der Waals surface area contributed by atoms with Crippen molar-refractivity contribution in [2.75, 3.05) is 0 Å². The topological polar surface area (TPSA) is 0 Å². The van der Waals surface area contributed by atoms with E-state index < -0.39 is 21.5 Å². The van der Waals surface area contributed by atoms with Gasteiger partial charge in [-0.05, 0) is 0 Å². The Kier molecular flexibility index (Phi) is 10.9. The molecule has 0 aromatic heterocycles. The molecule has 0 aliphatic heterocycles. The molecule has 6 rings (SSSR count). The van der Waals surface area contributed by atoms with E-state index >= 15 is 0 Å². The molecule has 0 spiro atoms. The van der Waals surface area contributed by atoms with Crippen molar-refractivity contribution in [2.45, 2.75) is 102 Å². The van der Waals surface area contributed by atoms with Gasteiger partial charge in [-0.25, -0.2) is 0 Å². The van der Waals surface area contributed by atoms with Crippen LogP contribution in [-0.2, 0) is 28.4 Å². The molecular weight excluding hydrogens is 767 g/mol. The Balaban J connectivity index is 1.65. The van der Waals surface area contributed by atoms with Crippen LogP contribution in [0.1, 0.15) is 110 Å². The van der Waals surface area contributed by atoms with E-state index in [0.29, 0.717) is 11.8 Å². The molecule has 275 valence electrons. The molecule has 0 saturated carbocycles. The molecule has 4 aromatic carbocycles. The first-order chi connectivity index (χ1) is 24.2. The van der Waals surface area contributed by atoms with Crippen molar-refractivity contribution in [1.29, 1.82) is 0 Å². The minimum absolute atomic E-state index is 0.0298. The van der Waals surface area contributed by atoms with E-state index in [9.17, 15) is 0 Å². The Bertz CT molecular complexity index is 1910. The number of hydrogen-bond acceptors (Lipinski definition) is 0. The van der Waals surface area contributed by atoms with Gasteiger partial charge < -0.3 is 0 Å². The average molecular weight is 828 g/mol. The number of fused-ring (bicyclic) bond motifs is 2. The van der Waals surface area contributed by atoms with Gasteiger partial charge in [0.2, 0.25) is 0 Å². The van der Waals surface area contributed by atoms with Gasteiger partial charge in [0.15, 0.2) is 0 Å². The van der Waals surface area contributed by atoms with E-state index in [0.717, 1.165) is 12.8 Å². The molecule has 0 amide bonds. The van der Waals surface area contributed by atoms with Crippen LogP contribution < -0.4 is 0 Å². The molecular formula is C48H61Cl2SiZr. The molecule has 2 aliphatic rings. The Hall–Kier alpha value is -1.96. The normalized spacial score (nSPS) is 18.4. The van der Waals surface area contributed by atoms with E-state index in [1.54, 1.807) is 0 Å². The Morgan fingerprint density at radius 1 is 0.538 bits per heavy atom. The fourth-order valence-corrected chi connectivity index (χ4v) is 40.8. The third-order valence-electron chi connectivity index (χ3n) is 11.9. The molecule has 0 heterocycles. The average Bonchev–Trinajstić information content (AvgIpc) is 3.67. The zero-order valence-electron chi connectivity index (χ0n) is 33.8. The first-order valence-corrected chi connectivity index (χ1v) is 36.0. The van der Waals surface area contributed by atoms with Crippen LogP contribution in [0, 0.1) is 22.7 Å². The summed E-state index contributed by atoms with van der Waals surface area (Å²) < 4.78 is 0.0597. The van der Waals surface area contributed by atoms with Crippen molar-refractivity contribution < 1.29 is 15.6 Å². The molecule has 2 unspecified atom stereocenters. The minimum atomic E-state index is -5.05. The molecule has 52 heavy (non-hydrogen) atoms.